The van der Waals surface area contributed by atoms with E-state index in [1.807, 2.05) is 13.8 Å². The molecule has 0 bridgehead atoms. The van der Waals surface area contributed by atoms with Crippen molar-refractivity contribution in [3.8, 4) is 0 Å². The van der Waals surface area contributed by atoms with Crippen LogP contribution in [0.5, 0.6) is 0 Å². The van der Waals surface area contributed by atoms with Crippen molar-refractivity contribution >= 4 is 5.78 Å². The summed E-state index contributed by atoms with van der Waals surface area (Å²) in [4.78, 5) is 12.4. The molecule has 2 saturated heterocycles. The van der Waals surface area contributed by atoms with Crippen molar-refractivity contribution in [1.29, 1.82) is 0 Å². The Morgan fingerprint density at radius 1 is 1.33 bits per heavy atom. The first-order valence-electron chi connectivity index (χ1n) is 5.99. The lowest BCUT2D eigenvalue weighted by Crippen LogP contribution is -2.54. The van der Waals surface area contributed by atoms with Crippen molar-refractivity contribution in [3.05, 3.63) is 0 Å². The zero-order chi connectivity index (χ0) is 10.9. The van der Waals surface area contributed by atoms with Crippen LogP contribution in [0.3, 0.4) is 0 Å². The number of nitrogens with one attached hydrogen (secondary N) is 1. The summed E-state index contributed by atoms with van der Waals surface area (Å²) in [7, 11) is 0. The van der Waals surface area contributed by atoms with E-state index in [1.165, 1.54) is 0 Å². The number of carbonyl (C=O) groups excluding carboxylic acids is 1. The second-order valence-electron chi connectivity index (χ2n) is 5.16. The Morgan fingerprint density at radius 2 is 1.93 bits per heavy atom. The summed E-state index contributed by atoms with van der Waals surface area (Å²) in [5, 5.41) is 3.34. The maximum Gasteiger partial charge on any atom is 0.142 e. The third-order valence-electron chi connectivity index (χ3n) is 3.93. The Hall–Kier alpha value is -0.410. The first-order chi connectivity index (χ1) is 7.17. The van der Waals surface area contributed by atoms with Crippen molar-refractivity contribution in [2.45, 2.75) is 26.7 Å². The Labute approximate surface area is 91.6 Å². The Balaban J connectivity index is 2.16. The van der Waals surface area contributed by atoms with Gasteiger partial charge >= 0.3 is 0 Å². The van der Waals surface area contributed by atoms with E-state index in [9.17, 15) is 4.79 Å². The van der Waals surface area contributed by atoms with Gasteiger partial charge in [0.05, 0.1) is 13.2 Å². The molecule has 86 valence electrons. The minimum Gasteiger partial charge on any atom is -0.381 e. The summed E-state index contributed by atoms with van der Waals surface area (Å²) in [6, 6.07) is 0. The molecular formula is C12H21NO2. The third-order valence-corrected chi connectivity index (χ3v) is 3.93. The predicted octanol–water partition coefficient (Wildman–Crippen LogP) is 1.23. The molecule has 0 saturated carbocycles. The van der Waals surface area contributed by atoms with Gasteiger partial charge in [0.15, 0.2) is 0 Å². The number of Topliss-reactive ketones (excluding diaryl/α,β-unsaturated/α-hetero) is 1. The van der Waals surface area contributed by atoms with Gasteiger partial charge in [0.2, 0.25) is 0 Å². The molecule has 0 aromatic carbocycles. The lowest BCUT2D eigenvalue weighted by atomic mass is 9.63. The minimum absolute atomic E-state index is 0.0718. The summed E-state index contributed by atoms with van der Waals surface area (Å²) in [5.41, 5.74) is -0.0718. The van der Waals surface area contributed by atoms with Crippen LogP contribution in [0.25, 0.3) is 0 Å². The first-order valence-corrected chi connectivity index (χ1v) is 5.99. The highest BCUT2D eigenvalue weighted by atomic mass is 16.5. The monoisotopic (exact) mass is 211 g/mol. The lowest BCUT2D eigenvalue weighted by molar-refractivity contribution is -0.155. The predicted molar refractivity (Wildman–Crippen MR) is 58.7 cm³/mol. The molecule has 15 heavy (non-hydrogen) atoms. The summed E-state index contributed by atoms with van der Waals surface area (Å²) in [6.07, 6.45) is 2.00. The lowest BCUT2D eigenvalue weighted by Gasteiger charge is -2.47. The molecule has 0 amide bonds. The van der Waals surface area contributed by atoms with Crippen molar-refractivity contribution in [1.82, 2.24) is 5.32 Å². The van der Waals surface area contributed by atoms with Crippen LogP contribution < -0.4 is 5.32 Å². The SMILES string of the molecule is CC(C)C(=O)C1(C2COC2)CCNCC1. The van der Waals surface area contributed by atoms with E-state index in [0.717, 1.165) is 39.1 Å². The van der Waals surface area contributed by atoms with Crippen LogP contribution in [0.4, 0.5) is 0 Å². The topological polar surface area (TPSA) is 38.3 Å². The average molecular weight is 211 g/mol. The smallest absolute Gasteiger partial charge is 0.142 e. The molecule has 2 aliphatic heterocycles. The third kappa shape index (κ3) is 1.83. The van der Waals surface area contributed by atoms with E-state index in [2.05, 4.69) is 5.32 Å². The molecule has 0 spiro atoms. The molecule has 2 fully saturated rings. The summed E-state index contributed by atoms with van der Waals surface area (Å²) in [6.45, 7) is 7.58. The zero-order valence-corrected chi connectivity index (χ0v) is 9.71. The van der Waals surface area contributed by atoms with Crippen LogP contribution in [-0.4, -0.2) is 32.1 Å². The fourth-order valence-corrected chi connectivity index (χ4v) is 2.86. The number of hydrogen-bond donors (Lipinski definition) is 1. The highest BCUT2D eigenvalue weighted by Crippen LogP contribution is 2.43. The van der Waals surface area contributed by atoms with E-state index >= 15 is 0 Å². The van der Waals surface area contributed by atoms with Crippen molar-refractivity contribution in [2.24, 2.45) is 17.3 Å². The molecule has 0 aromatic rings. The molecule has 0 unspecified atom stereocenters. The highest BCUT2D eigenvalue weighted by Gasteiger charge is 2.49. The molecule has 2 aliphatic rings. The van der Waals surface area contributed by atoms with Crippen LogP contribution >= 0.6 is 0 Å². The first kappa shape index (κ1) is 11.1. The second kappa shape index (κ2) is 4.22. The van der Waals surface area contributed by atoms with Crippen molar-refractivity contribution in [3.63, 3.8) is 0 Å². The number of ether oxygens (including phenoxy) is 1. The van der Waals surface area contributed by atoms with Gasteiger partial charge in [-0.3, -0.25) is 4.79 Å². The van der Waals surface area contributed by atoms with Crippen molar-refractivity contribution in [2.75, 3.05) is 26.3 Å². The quantitative estimate of drug-likeness (QED) is 0.763. The number of rotatable bonds is 3. The standard InChI is InChI=1S/C12H21NO2/c1-9(2)11(14)12(10-7-15-8-10)3-5-13-6-4-12/h9-10,13H,3-8H2,1-2H3. The maximum atomic E-state index is 12.4. The largest absolute Gasteiger partial charge is 0.381 e. The molecular weight excluding hydrogens is 190 g/mol. The molecule has 0 aromatic heterocycles. The second-order valence-corrected chi connectivity index (χ2v) is 5.16. The van der Waals surface area contributed by atoms with Gasteiger partial charge in [-0.25, -0.2) is 0 Å². The van der Waals surface area contributed by atoms with E-state index in [1.54, 1.807) is 0 Å². The minimum atomic E-state index is -0.0718. The van der Waals surface area contributed by atoms with Crippen LogP contribution in [0.1, 0.15) is 26.7 Å². The van der Waals surface area contributed by atoms with Gasteiger partial charge in [0.25, 0.3) is 0 Å². The molecule has 0 radical (unpaired) electrons. The van der Waals surface area contributed by atoms with E-state index in [-0.39, 0.29) is 11.3 Å². The van der Waals surface area contributed by atoms with Gasteiger partial charge in [-0.1, -0.05) is 13.8 Å². The van der Waals surface area contributed by atoms with Gasteiger partial charge < -0.3 is 10.1 Å². The van der Waals surface area contributed by atoms with Gasteiger partial charge in [0.1, 0.15) is 5.78 Å². The zero-order valence-electron chi connectivity index (χ0n) is 9.71. The molecule has 3 heteroatoms. The van der Waals surface area contributed by atoms with Crippen LogP contribution in [0, 0.1) is 17.3 Å². The number of hydrogen-bond acceptors (Lipinski definition) is 3. The van der Waals surface area contributed by atoms with Gasteiger partial charge in [-0.15, -0.1) is 0 Å². The molecule has 2 rings (SSSR count). The van der Waals surface area contributed by atoms with Crippen LogP contribution in [0.15, 0.2) is 0 Å². The molecule has 1 N–H and O–H groups in total. The molecule has 0 atom stereocenters. The van der Waals surface area contributed by atoms with E-state index in [4.69, 9.17) is 4.74 Å². The van der Waals surface area contributed by atoms with Gasteiger partial charge in [-0.2, -0.15) is 0 Å². The van der Waals surface area contributed by atoms with Crippen LogP contribution in [0.2, 0.25) is 0 Å². The maximum absolute atomic E-state index is 12.4. The Kier molecular flexibility index (Phi) is 3.12. The fourth-order valence-electron chi connectivity index (χ4n) is 2.86. The Morgan fingerprint density at radius 3 is 2.33 bits per heavy atom. The average Bonchev–Trinajstić information content (AvgIpc) is 2.15. The van der Waals surface area contributed by atoms with Gasteiger partial charge in [0, 0.05) is 17.3 Å². The number of carbonyl (C=O) groups is 1. The highest BCUT2D eigenvalue weighted by molar-refractivity contribution is 5.87. The molecule has 0 aliphatic carbocycles. The van der Waals surface area contributed by atoms with Crippen molar-refractivity contribution < 1.29 is 9.53 Å². The summed E-state index contributed by atoms with van der Waals surface area (Å²) < 4.78 is 5.27. The van der Waals surface area contributed by atoms with Crippen LogP contribution in [-0.2, 0) is 9.53 Å². The van der Waals surface area contributed by atoms with E-state index in [0.29, 0.717) is 11.7 Å². The fraction of sp³-hybridized carbons (Fsp3) is 0.917. The number of ketones is 1. The van der Waals surface area contributed by atoms with E-state index < -0.39 is 0 Å². The molecule has 2 heterocycles. The summed E-state index contributed by atoms with van der Waals surface area (Å²) >= 11 is 0. The Bertz CT molecular complexity index is 240. The number of piperidine rings is 1. The van der Waals surface area contributed by atoms with Gasteiger partial charge in [-0.05, 0) is 25.9 Å². The summed E-state index contributed by atoms with van der Waals surface area (Å²) in [5.74, 6) is 1.09. The normalized spacial score (nSPS) is 26.3. The molecule has 3 nitrogen and oxygen atoms in total.